The number of ether oxygens (including phenoxy) is 1. The van der Waals surface area contributed by atoms with E-state index >= 15 is 0 Å². The number of thioether (sulfide) groups is 2. The number of carbonyl (C=O) groups is 1. The van der Waals surface area contributed by atoms with E-state index in [1.165, 1.54) is 30.8 Å². The minimum Gasteiger partial charge on any atom is -0.461 e. The van der Waals surface area contributed by atoms with Gasteiger partial charge in [-0.15, -0.1) is 23.5 Å². The summed E-state index contributed by atoms with van der Waals surface area (Å²) in [4.78, 5) is 16.6. The van der Waals surface area contributed by atoms with E-state index in [1.807, 2.05) is 6.07 Å². The van der Waals surface area contributed by atoms with Gasteiger partial charge in [0.15, 0.2) is 0 Å². The lowest BCUT2D eigenvalue weighted by atomic mass is 9.67. The maximum atomic E-state index is 12.6. The highest BCUT2D eigenvalue weighted by Crippen LogP contribution is 2.64. The van der Waals surface area contributed by atoms with Crippen LogP contribution in [-0.2, 0) is 16.1 Å². The number of esters is 1. The minimum absolute atomic E-state index is 0.0234. The Labute approximate surface area is 156 Å². The van der Waals surface area contributed by atoms with Gasteiger partial charge in [-0.3, -0.25) is 4.79 Å². The van der Waals surface area contributed by atoms with Crippen LogP contribution < -0.4 is 0 Å². The Morgan fingerprint density at radius 3 is 2.58 bits per heavy atom. The van der Waals surface area contributed by atoms with Crippen LogP contribution in [0.5, 0.6) is 0 Å². The average molecular weight is 384 g/mol. The Balaban J connectivity index is 1.38. The molecule has 1 aromatic heterocycles. The van der Waals surface area contributed by atoms with Gasteiger partial charge >= 0.3 is 5.97 Å². The van der Waals surface area contributed by atoms with Crippen molar-refractivity contribution in [3.8, 4) is 0 Å². The van der Waals surface area contributed by atoms with Crippen LogP contribution in [0.2, 0.25) is 5.15 Å². The summed E-state index contributed by atoms with van der Waals surface area (Å²) in [6, 6.07) is 3.59. The molecule has 3 atom stereocenters. The van der Waals surface area contributed by atoms with E-state index < -0.39 is 0 Å². The number of aromatic nitrogens is 1. The summed E-state index contributed by atoms with van der Waals surface area (Å²) in [5.74, 6) is 3.96. The number of halogens is 1. The third kappa shape index (κ3) is 3.19. The van der Waals surface area contributed by atoms with Crippen LogP contribution in [0.4, 0.5) is 0 Å². The predicted molar refractivity (Wildman–Crippen MR) is 100 cm³/mol. The fraction of sp³-hybridized carbons (Fsp3) is 0.667. The van der Waals surface area contributed by atoms with Gasteiger partial charge in [-0.25, -0.2) is 4.98 Å². The van der Waals surface area contributed by atoms with E-state index in [9.17, 15) is 4.79 Å². The molecule has 24 heavy (non-hydrogen) atoms. The van der Waals surface area contributed by atoms with Gasteiger partial charge in [0, 0.05) is 23.3 Å². The molecule has 6 heteroatoms. The quantitative estimate of drug-likeness (QED) is 0.554. The fourth-order valence-electron chi connectivity index (χ4n) is 4.57. The molecule has 1 aromatic rings. The van der Waals surface area contributed by atoms with Gasteiger partial charge in [0.1, 0.15) is 11.8 Å². The van der Waals surface area contributed by atoms with Crippen molar-refractivity contribution in [3.05, 3.63) is 29.0 Å². The van der Waals surface area contributed by atoms with Crippen molar-refractivity contribution in [2.45, 2.75) is 42.8 Å². The molecule has 4 rings (SSSR count). The molecule has 3 nitrogen and oxygen atoms in total. The molecule has 0 radical (unpaired) electrons. The van der Waals surface area contributed by atoms with Crippen LogP contribution in [0.15, 0.2) is 18.3 Å². The largest absolute Gasteiger partial charge is 0.461 e. The van der Waals surface area contributed by atoms with E-state index in [1.54, 1.807) is 12.3 Å². The van der Waals surface area contributed by atoms with E-state index in [2.05, 4.69) is 28.5 Å². The molecule has 0 N–H and O–H groups in total. The van der Waals surface area contributed by atoms with E-state index in [-0.39, 0.29) is 11.9 Å². The number of hydrogen-bond acceptors (Lipinski definition) is 5. The van der Waals surface area contributed by atoms with Crippen LogP contribution in [0.1, 0.15) is 37.7 Å². The van der Waals surface area contributed by atoms with Crippen LogP contribution in [-0.4, -0.2) is 26.5 Å². The van der Waals surface area contributed by atoms with Gasteiger partial charge in [-0.2, -0.15) is 0 Å². The van der Waals surface area contributed by atoms with E-state index in [4.69, 9.17) is 16.3 Å². The molecular formula is C18H22ClNO2S2. The third-order valence-corrected chi connectivity index (χ3v) is 9.86. The molecule has 0 amide bonds. The molecule has 2 heterocycles. The molecule has 2 bridgehead atoms. The zero-order chi connectivity index (χ0) is 16.6. The van der Waals surface area contributed by atoms with E-state index in [0.717, 1.165) is 18.4 Å². The topological polar surface area (TPSA) is 39.2 Å². The summed E-state index contributed by atoms with van der Waals surface area (Å²) in [7, 11) is 0. The second-order valence-electron chi connectivity index (χ2n) is 7.01. The molecular weight excluding hydrogens is 362 g/mol. The maximum absolute atomic E-state index is 12.6. The molecule has 0 aromatic carbocycles. The monoisotopic (exact) mass is 383 g/mol. The Bertz CT molecular complexity index is 588. The molecule has 1 spiro atoms. The molecule has 1 saturated heterocycles. The number of rotatable bonds is 3. The molecule has 130 valence electrons. The molecule has 3 aliphatic rings. The second kappa shape index (κ2) is 7.08. The first-order valence-corrected chi connectivity index (χ1v) is 11.1. The van der Waals surface area contributed by atoms with Crippen LogP contribution in [0.3, 0.4) is 0 Å². The first-order valence-electron chi connectivity index (χ1n) is 8.72. The lowest BCUT2D eigenvalue weighted by molar-refractivity contribution is -0.152. The normalized spacial score (nSPS) is 31.1. The molecule has 3 fully saturated rings. The van der Waals surface area contributed by atoms with Crippen molar-refractivity contribution in [2.24, 2.45) is 17.8 Å². The van der Waals surface area contributed by atoms with Crippen LogP contribution in [0.25, 0.3) is 0 Å². The maximum Gasteiger partial charge on any atom is 0.309 e. The van der Waals surface area contributed by atoms with Crippen molar-refractivity contribution >= 4 is 41.1 Å². The number of hydrogen-bond donors (Lipinski definition) is 0. The van der Waals surface area contributed by atoms with Gasteiger partial charge in [-0.1, -0.05) is 24.1 Å². The molecule has 1 unspecified atom stereocenters. The summed E-state index contributed by atoms with van der Waals surface area (Å²) in [6.45, 7) is 0.295. The number of pyridine rings is 1. The molecule has 2 saturated carbocycles. The Kier molecular flexibility index (Phi) is 5.03. The first-order chi connectivity index (χ1) is 11.7. The zero-order valence-electron chi connectivity index (χ0n) is 13.6. The first kappa shape index (κ1) is 17.0. The predicted octanol–water partition coefficient (Wildman–Crippen LogP) is 4.78. The van der Waals surface area contributed by atoms with Crippen LogP contribution >= 0.6 is 35.1 Å². The van der Waals surface area contributed by atoms with Crippen molar-refractivity contribution in [1.29, 1.82) is 0 Å². The standard InChI is InChI=1S/C18H22ClNO2S2/c19-16-5-4-12(10-20-16)11-22-17(21)13-8-14-2-1-3-15(9-13)18(14)23-6-7-24-18/h4-5,10,13-15H,1-3,6-9,11H2/t13?,14-,15+. The second-order valence-corrected chi connectivity index (χ2v) is 10.4. The number of nitrogens with zero attached hydrogens (tertiary/aromatic N) is 1. The third-order valence-electron chi connectivity index (χ3n) is 5.62. The highest BCUT2D eigenvalue weighted by atomic mass is 35.5. The molecule has 1 aliphatic heterocycles. The molecule has 2 aliphatic carbocycles. The van der Waals surface area contributed by atoms with Gasteiger partial charge in [0.25, 0.3) is 0 Å². The minimum atomic E-state index is -0.0234. The lowest BCUT2D eigenvalue weighted by Gasteiger charge is -2.51. The summed E-state index contributed by atoms with van der Waals surface area (Å²) in [5.41, 5.74) is 0.891. The lowest BCUT2D eigenvalue weighted by Crippen LogP contribution is -2.48. The van der Waals surface area contributed by atoms with Gasteiger partial charge < -0.3 is 4.74 Å². The highest BCUT2D eigenvalue weighted by Gasteiger charge is 2.55. The van der Waals surface area contributed by atoms with Crippen molar-refractivity contribution in [2.75, 3.05) is 11.5 Å². The zero-order valence-corrected chi connectivity index (χ0v) is 16.0. The van der Waals surface area contributed by atoms with Gasteiger partial charge in [-0.05, 0) is 43.6 Å². The van der Waals surface area contributed by atoms with Crippen molar-refractivity contribution in [1.82, 2.24) is 4.98 Å². The summed E-state index contributed by atoms with van der Waals surface area (Å²) in [5, 5.41) is 0.460. The highest BCUT2D eigenvalue weighted by molar-refractivity contribution is 8.21. The Morgan fingerprint density at radius 2 is 1.96 bits per heavy atom. The Morgan fingerprint density at radius 1 is 1.25 bits per heavy atom. The van der Waals surface area contributed by atoms with Crippen LogP contribution in [0, 0.1) is 17.8 Å². The summed E-state index contributed by atoms with van der Waals surface area (Å²) >= 11 is 10.1. The number of carbonyl (C=O) groups excluding carboxylic acids is 1. The van der Waals surface area contributed by atoms with Gasteiger partial charge in [0.05, 0.1) is 10.00 Å². The average Bonchev–Trinajstić information content (AvgIpc) is 3.03. The smallest absolute Gasteiger partial charge is 0.309 e. The van der Waals surface area contributed by atoms with E-state index in [0.29, 0.717) is 27.7 Å². The van der Waals surface area contributed by atoms with Gasteiger partial charge in [0.2, 0.25) is 0 Å². The summed E-state index contributed by atoms with van der Waals surface area (Å²) in [6.07, 6.45) is 7.58. The van der Waals surface area contributed by atoms with Crippen molar-refractivity contribution in [3.63, 3.8) is 0 Å². The Hall–Kier alpha value is -0.390. The van der Waals surface area contributed by atoms with Crippen molar-refractivity contribution < 1.29 is 9.53 Å². The SMILES string of the molecule is O=C(OCc1ccc(Cl)nc1)C1C[C@H]2CCC[C@@H](C1)C21SCCS1. The fourth-order valence-corrected chi connectivity index (χ4v) is 8.61. The summed E-state index contributed by atoms with van der Waals surface area (Å²) < 4.78 is 6.00.